The molecule has 1 saturated carbocycles. The molecule has 1 aliphatic heterocycles. The Bertz CT molecular complexity index is 277. The summed E-state index contributed by atoms with van der Waals surface area (Å²) in [5.74, 6) is 0. The van der Waals surface area contributed by atoms with E-state index in [4.69, 9.17) is 5.73 Å². The van der Waals surface area contributed by atoms with Gasteiger partial charge in [-0.3, -0.25) is 4.90 Å². The van der Waals surface area contributed by atoms with Crippen LogP contribution in [0.4, 0.5) is 0 Å². The molecule has 1 heterocycles. The van der Waals surface area contributed by atoms with Crippen molar-refractivity contribution in [3.63, 3.8) is 0 Å². The van der Waals surface area contributed by atoms with E-state index in [0.717, 1.165) is 0 Å². The maximum Gasteiger partial charge on any atom is 0.0255 e. The van der Waals surface area contributed by atoms with Gasteiger partial charge in [0, 0.05) is 31.2 Å². The van der Waals surface area contributed by atoms with E-state index in [2.05, 4.69) is 37.6 Å². The van der Waals surface area contributed by atoms with Gasteiger partial charge in [-0.1, -0.05) is 20.3 Å². The molecule has 2 aliphatic rings. The Morgan fingerprint density at radius 1 is 1.17 bits per heavy atom. The summed E-state index contributed by atoms with van der Waals surface area (Å²) in [5.41, 5.74) is 6.89. The van der Waals surface area contributed by atoms with Gasteiger partial charge in [0.1, 0.15) is 0 Å². The first-order valence-electron chi connectivity index (χ1n) is 7.62. The fourth-order valence-electron chi connectivity index (χ4n) is 3.89. The van der Waals surface area contributed by atoms with Crippen LogP contribution in [-0.4, -0.2) is 54.6 Å². The third-order valence-corrected chi connectivity index (χ3v) is 5.16. The molecule has 3 atom stereocenters. The summed E-state index contributed by atoms with van der Waals surface area (Å²) in [6.45, 7) is 10.7. The van der Waals surface area contributed by atoms with Gasteiger partial charge >= 0.3 is 0 Å². The summed E-state index contributed by atoms with van der Waals surface area (Å²) in [4.78, 5) is 5.17. The summed E-state index contributed by atoms with van der Waals surface area (Å²) in [6.07, 6.45) is 5.19. The largest absolute Gasteiger partial charge is 0.326 e. The fraction of sp³-hybridized carbons (Fsp3) is 1.00. The first-order chi connectivity index (χ1) is 8.42. The second-order valence-electron chi connectivity index (χ2n) is 7.18. The van der Waals surface area contributed by atoms with Crippen molar-refractivity contribution in [1.29, 1.82) is 0 Å². The van der Waals surface area contributed by atoms with Crippen LogP contribution in [0, 0.1) is 5.41 Å². The van der Waals surface area contributed by atoms with Crippen molar-refractivity contribution in [3.05, 3.63) is 0 Å². The molecule has 0 bridgehead atoms. The lowest BCUT2D eigenvalue weighted by molar-refractivity contribution is 0.0452. The van der Waals surface area contributed by atoms with Crippen molar-refractivity contribution in [2.24, 2.45) is 11.1 Å². The quantitative estimate of drug-likeness (QED) is 0.775. The highest BCUT2D eigenvalue weighted by molar-refractivity contribution is 4.98. The zero-order valence-corrected chi connectivity index (χ0v) is 12.7. The predicted octanol–water partition coefficient (Wildman–Crippen LogP) is 1.92. The normalized spacial score (nSPS) is 39.5. The van der Waals surface area contributed by atoms with Gasteiger partial charge in [0.2, 0.25) is 0 Å². The summed E-state index contributed by atoms with van der Waals surface area (Å²) in [7, 11) is 2.24. The van der Waals surface area contributed by atoms with Crippen molar-refractivity contribution >= 4 is 0 Å². The molecule has 0 aromatic heterocycles. The van der Waals surface area contributed by atoms with Crippen molar-refractivity contribution in [3.8, 4) is 0 Å². The monoisotopic (exact) mass is 253 g/mol. The van der Waals surface area contributed by atoms with E-state index >= 15 is 0 Å². The molecular formula is C15H31N3. The van der Waals surface area contributed by atoms with Gasteiger partial charge in [0.25, 0.3) is 0 Å². The summed E-state index contributed by atoms with van der Waals surface area (Å²) < 4.78 is 0. The molecule has 2 rings (SSSR count). The summed E-state index contributed by atoms with van der Waals surface area (Å²) in [5, 5.41) is 0. The molecule has 3 heteroatoms. The van der Waals surface area contributed by atoms with Crippen LogP contribution >= 0.6 is 0 Å². The average Bonchev–Trinajstić information content (AvgIpc) is 2.44. The molecule has 3 unspecified atom stereocenters. The molecule has 106 valence electrons. The number of nitrogens with zero attached hydrogens (tertiary/aromatic N) is 2. The van der Waals surface area contributed by atoms with Gasteiger partial charge in [-0.15, -0.1) is 0 Å². The molecule has 0 aromatic rings. The number of nitrogens with two attached hydrogens (primary N) is 1. The first kappa shape index (κ1) is 14.3. The molecule has 0 spiro atoms. The zero-order valence-electron chi connectivity index (χ0n) is 12.7. The van der Waals surface area contributed by atoms with Gasteiger partial charge in [-0.05, 0) is 45.2 Å². The van der Waals surface area contributed by atoms with Crippen LogP contribution < -0.4 is 5.73 Å². The number of hydrogen-bond acceptors (Lipinski definition) is 3. The number of rotatable bonds is 1. The van der Waals surface area contributed by atoms with E-state index < -0.39 is 0 Å². The maximum absolute atomic E-state index is 6.58. The van der Waals surface area contributed by atoms with Gasteiger partial charge < -0.3 is 10.6 Å². The van der Waals surface area contributed by atoms with Crippen molar-refractivity contribution in [1.82, 2.24) is 9.80 Å². The highest BCUT2D eigenvalue weighted by Crippen LogP contribution is 2.37. The van der Waals surface area contributed by atoms with Crippen LogP contribution in [0.3, 0.4) is 0 Å². The maximum atomic E-state index is 6.58. The Morgan fingerprint density at radius 2 is 1.89 bits per heavy atom. The molecule has 2 fully saturated rings. The van der Waals surface area contributed by atoms with Crippen LogP contribution in [-0.2, 0) is 0 Å². The van der Waals surface area contributed by atoms with Crippen LogP contribution in [0.15, 0.2) is 0 Å². The number of hydrogen-bond donors (Lipinski definition) is 1. The number of likely N-dealkylation sites (N-methyl/N-ethyl adjacent to an activating group) is 1. The van der Waals surface area contributed by atoms with E-state index in [0.29, 0.717) is 23.5 Å². The van der Waals surface area contributed by atoms with E-state index in [9.17, 15) is 0 Å². The zero-order chi connectivity index (χ0) is 13.3. The molecule has 0 amide bonds. The lowest BCUT2D eigenvalue weighted by atomic mass is 9.70. The molecule has 1 aliphatic carbocycles. The predicted molar refractivity (Wildman–Crippen MR) is 77.7 cm³/mol. The van der Waals surface area contributed by atoms with Crippen molar-refractivity contribution < 1.29 is 0 Å². The molecule has 3 nitrogen and oxygen atoms in total. The highest BCUT2D eigenvalue weighted by atomic mass is 15.3. The third kappa shape index (κ3) is 2.89. The Hall–Kier alpha value is -0.120. The molecule has 1 saturated heterocycles. The average molecular weight is 253 g/mol. The summed E-state index contributed by atoms with van der Waals surface area (Å²) in [6, 6.07) is 1.56. The Kier molecular flexibility index (Phi) is 4.35. The minimum absolute atomic E-state index is 0.306. The molecule has 18 heavy (non-hydrogen) atoms. The van der Waals surface area contributed by atoms with E-state index in [-0.39, 0.29) is 0 Å². The first-order valence-corrected chi connectivity index (χ1v) is 7.62. The minimum atomic E-state index is 0.306. The fourth-order valence-corrected chi connectivity index (χ4v) is 3.89. The second-order valence-corrected chi connectivity index (χ2v) is 7.18. The van der Waals surface area contributed by atoms with E-state index in [1.54, 1.807) is 0 Å². The van der Waals surface area contributed by atoms with E-state index in [1.807, 2.05) is 0 Å². The van der Waals surface area contributed by atoms with Crippen LogP contribution in [0.1, 0.15) is 46.5 Å². The molecule has 2 N–H and O–H groups in total. The lowest BCUT2D eigenvalue weighted by Gasteiger charge is -2.48. The Morgan fingerprint density at radius 3 is 2.61 bits per heavy atom. The van der Waals surface area contributed by atoms with Crippen molar-refractivity contribution in [2.45, 2.75) is 64.6 Å². The van der Waals surface area contributed by atoms with Gasteiger partial charge in [-0.25, -0.2) is 0 Å². The molecule has 0 aromatic carbocycles. The lowest BCUT2D eigenvalue weighted by Crippen LogP contribution is -2.59. The van der Waals surface area contributed by atoms with Crippen LogP contribution in [0.25, 0.3) is 0 Å². The minimum Gasteiger partial charge on any atom is -0.326 e. The van der Waals surface area contributed by atoms with Gasteiger partial charge in [0.05, 0.1) is 0 Å². The second kappa shape index (κ2) is 5.48. The van der Waals surface area contributed by atoms with E-state index in [1.165, 1.54) is 45.3 Å². The smallest absolute Gasteiger partial charge is 0.0255 e. The highest BCUT2D eigenvalue weighted by Gasteiger charge is 2.40. The Balaban J connectivity index is 2.09. The SMILES string of the molecule is CC1CN(C)CCCN1C1CCCC(C)(C)C1N. The molecular weight excluding hydrogens is 222 g/mol. The standard InChI is InChI=1S/C15H31N3/c1-12-11-17(4)9-6-10-18(12)13-7-5-8-15(2,3)14(13)16/h12-14H,5-11,16H2,1-4H3. The van der Waals surface area contributed by atoms with Crippen LogP contribution in [0.2, 0.25) is 0 Å². The summed E-state index contributed by atoms with van der Waals surface area (Å²) >= 11 is 0. The van der Waals surface area contributed by atoms with Crippen LogP contribution in [0.5, 0.6) is 0 Å². The Labute approximate surface area is 113 Å². The van der Waals surface area contributed by atoms with Crippen molar-refractivity contribution in [2.75, 3.05) is 26.7 Å². The van der Waals surface area contributed by atoms with Gasteiger partial charge in [0.15, 0.2) is 0 Å². The van der Waals surface area contributed by atoms with Gasteiger partial charge in [-0.2, -0.15) is 0 Å². The molecule has 0 radical (unpaired) electrons. The topological polar surface area (TPSA) is 32.5 Å². The third-order valence-electron chi connectivity index (χ3n) is 5.16.